The summed E-state index contributed by atoms with van der Waals surface area (Å²) in [5.41, 5.74) is 0.604. The molecule has 2 N–H and O–H groups in total. The lowest BCUT2D eigenvalue weighted by Crippen LogP contribution is -2.28. The maximum absolute atomic E-state index is 14.1. The molecule has 1 amide bonds. The second kappa shape index (κ2) is 7.87. The van der Waals surface area contributed by atoms with Gasteiger partial charge in [-0.05, 0) is 36.4 Å². The van der Waals surface area contributed by atoms with E-state index < -0.39 is 5.82 Å². The van der Waals surface area contributed by atoms with Gasteiger partial charge >= 0.3 is 0 Å². The van der Waals surface area contributed by atoms with Gasteiger partial charge in [0.05, 0.1) is 16.6 Å². The third kappa shape index (κ3) is 3.72. The minimum absolute atomic E-state index is 0.0352. The van der Waals surface area contributed by atoms with Crippen LogP contribution in [-0.2, 0) is 4.79 Å². The molecule has 0 spiro atoms. The number of likely N-dealkylation sites (tertiary alicyclic amines) is 1. The normalized spacial score (nSPS) is 16.5. The first-order valence-corrected chi connectivity index (χ1v) is 10.0. The fourth-order valence-corrected chi connectivity index (χ4v) is 3.99. The van der Waals surface area contributed by atoms with Crippen molar-refractivity contribution < 1.29 is 14.3 Å². The van der Waals surface area contributed by atoms with Gasteiger partial charge in [0.25, 0.3) is 5.56 Å². The number of halogens is 1. The van der Waals surface area contributed by atoms with Gasteiger partial charge in [-0.25, -0.2) is 4.39 Å². The van der Waals surface area contributed by atoms with Crippen LogP contribution in [0.2, 0.25) is 0 Å². The van der Waals surface area contributed by atoms with Crippen LogP contribution in [0.5, 0.6) is 5.75 Å². The molecular formula is C21H20FN3O3S. The Labute approximate surface area is 171 Å². The van der Waals surface area contributed by atoms with Gasteiger partial charge in [0, 0.05) is 42.7 Å². The third-order valence-electron chi connectivity index (χ3n) is 5.30. The molecule has 1 atom stereocenters. The topological polar surface area (TPSA) is 86.3 Å². The summed E-state index contributed by atoms with van der Waals surface area (Å²) >= 11 is 4.10. The molecule has 1 aliphatic heterocycles. The molecule has 0 bridgehead atoms. The Morgan fingerprint density at radius 1 is 1.38 bits per heavy atom. The molecule has 6 nitrogen and oxygen atoms in total. The Morgan fingerprint density at radius 2 is 2.21 bits per heavy atom. The lowest BCUT2D eigenvalue weighted by molar-refractivity contribution is -0.129. The average molecular weight is 413 g/mol. The van der Waals surface area contributed by atoms with E-state index in [1.165, 1.54) is 30.5 Å². The van der Waals surface area contributed by atoms with Crippen LogP contribution in [0.3, 0.4) is 0 Å². The third-order valence-corrected chi connectivity index (χ3v) is 5.53. The standard InChI is InChI=1S/C21H20FN3O3S/c22-15-2-1-3-18(26)20(15)17-9-14-13(10-23-17)8-16(24-21(14)28)12-4-6-25(11-12)19(27)5-7-29/h1-3,8-10,12,26,29H,4-7,11H2,(H,24,28)/t12-/m1/s1. The Kier molecular flexibility index (Phi) is 5.27. The van der Waals surface area contributed by atoms with Gasteiger partial charge in [-0.1, -0.05) is 6.07 Å². The van der Waals surface area contributed by atoms with E-state index in [-0.39, 0.29) is 34.4 Å². The molecule has 0 aliphatic carbocycles. The van der Waals surface area contributed by atoms with Crippen molar-refractivity contribution in [3.63, 3.8) is 0 Å². The Morgan fingerprint density at radius 3 is 2.97 bits per heavy atom. The van der Waals surface area contributed by atoms with Crippen LogP contribution in [0, 0.1) is 5.82 Å². The summed E-state index contributed by atoms with van der Waals surface area (Å²) in [6.45, 7) is 1.21. The van der Waals surface area contributed by atoms with E-state index in [4.69, 9.17) is 0 Å². The van der Waals surface area contributed by atoms with Gasteiger partial charge in [-0.3, -0.25) is 14.6 Å². The molecule has 1 aliphatic rings. The van der Waals surface area contributed by atoms with E-state index in [1.54, 1.807) is 4.90 Å². The van der Waals surface area contributed by atoms with E-state index in [9.17, 15) is 19.1 Å². The van der Waals surface area contributed by atoms with Gasteiger partial charge in [0.15, 0.2) is 0 Å². The molecule has 2 aromatic heterocycles. The highest BCUT2D eigenvalue weighted by molar-refractivity contribution is 7.80. The highest BCUT2D eigenvalue weighted by Crippen LogP contribution is 2.32. The number of carbonyl (C=O) groups is 1. The van der Waals surface area contributed by atoms with E-state index in [2.05, 4.69) is 22.6 Å². The second-order valence-electron chi connectivity index (χ2n) is 7.14. The molecule has 29 heavy (non-hydrogen) atoms. The smallest absolute Gasteiger partial charge is 0.256 e. The van der Waals surface area contributed by atoms with Crippen LogP contribution in [-0.4, -0.2) is 44.7 Å². The molecule has 3 heterocycles. The number of nitrogens with zero attached hydrogens (tertiary/aromatic N) is 2. The molecule has 0 radical (unpaired) electrons. The highest BCUT2D eigenvalue weighted by Gasteiger charge is 2.28. The minimum Gasteiger partial charge on any atom is -0.507 e. The molecule has 0 unspecified atom stereocenters. The van der Waals surface area contributed by atoms with Crippen molar-refractivity contribution in [3.8, 4) is 17.0 Å². The SMILES string of the molecule is O=C(CCS)N1CC[C@@H](c2cc3cnc(-c4c(O)cccc4F)cc3c(=O)[nH]2)C1. The van der Waals surface area contributed by atoms with Crippen LogP contribution in [0.1, 0.15) is 24.5 Å². The summed E-state index contributed by atoms with van der Waals surface area (Å²) in [6, 6.07) is 7.34. The van der Waals surface area contributed by atoms with Crippen molar-refractivity contribution in [2.45, 2.75) is 18.8 Å². The Hall–Kier alpha value is -2.87. The summed E-state index contributed by atoms with van der Waals surface area (Å²) < 4.78 is 14.1. The first kappa shape index (κ1) is 19.4. The lowest BCUT2D eigenvalue weighted by atomic mass is 10.0. The molecule has 1 saturated heterocycles. The summed E-state index contributed by atoms with van der Waals surface area (Å²) in [4.78, 5) is 33.7. The number of thiol groups is 1. The summed E-state index contributed by atoms with van der Waals surface area (Å²) in [6.07, 6.45) is 2.68. The number of hydrogen-bond acceptors (Lipinski definition) is 5. The van der Waals surface area contributed by atoms with Gasteiger partial charge in [0.1, 0.15) is 11.6 Å². The predicted molar refractivity (Wildman–Crippen MR) is 112 cm³/mol. The fraction of sp³-hybridized carbons (Fsp3) is 0.286. The quantitative estimate of drug-likeness (QED) is 0.574. The molecular weight excluding hydrogens is 393 g/mol. The zero-order valence-electron chi connectivity index (χ0n) is 15.6. The number of aromatic amines is 1. The Balaban J connectivity index is 1.67. The molecule has 8 heteroatoms. The fourth-order valence-electron chi connectivity index (χ4n) is 3.80. The number of aromatic nitrogens is 2. The summed E-state index contributed by atoms with van der Waals surface area (Å²) in [5, 5.41) is 11.0. The molecule has 1 fully saturated rings. The number of rotatable bonds is 4. The van der Waals surface area contributed by atoms with Gasteiger partial charge in [-0.15, -0.1) is 0 Å². The number of carbonyl (C=O) groups excluding carboxylic acids is 1. The van der Waals surface area contributed by atoms with Gasteiger partial charge in [0.2, 0.25) is 5.91 Å². The van der Waals surface area contributed by atoms with Crippen molar-refractivity contribution in [2.24, 2.45) is 0 Å². The minimum atomic E-state index is -0.609. The van der Waals surface area contributed by atoms with E-state index in [1.807, 2.05) is 6.07 Å². The predicted octanol–water partition coefficient (Wildman–Crippen LogP) is 3.07. The number of aromatic hydroxyl groups is 1. The number of H-pyrrole nitrogens is 1. The summed E-state index contributed by atoms with van der Waals surface area (Å²) in [7, 11) is 0. The van der Waals surface area contributed by atoms with E-state index >= 15 is 0 Å². The van der Waals surface area contributed by atoms with Crippen LogP contribution in [0.25, 0.3) is 22.0 Å². The maximum atomic E-state index is 14.1. The monoisotopic (exact) mass is 413 g/mol. The average Bonchev–Trinajstić information content (AvgIpc) is 3.19. The molecule has 0 saturated carbocycles. The Bertz CT molecular complexity index is 1130. The van der Waals surface area contributed by atoms with Crippen molar-refractivity contribution in [3.05, 3.63) is 58.4 Å². The number of phenolic OH excluding ortho intramolecular Hbond substituents is 1. The second-order valence-corrected chi connectivity index (χ2v) is 7.59. The van der Waals surface area contributed by atoms with Crippen LogP contribution in [0.4, 0.5) is 4.39 Å². The number of amides is 1. The van der Waals surface area contributed by atoms with Gasteiger partial charge < -0.3 is 15.0 Å². The van der Waals surface area contributed by atoms with Gasteiger partial charge in [-0.2, -0.15) is 12.6 Å². The van der Waals surface area contributed by atoms with Crippen LogP contribution >= 0.6 is 12.6 Å². The zero-order valence-corrected chi connectivity index (χ0v) is 16.5. The number of phenols is 1. The van der Waals surface area contributed by atoms with E-state index in [0.717, 1.165) is 12.1 Å². The zero-order chi connectivity index (χ0) is 20.5. The van der Waals surface area contributed by atoms with E-state index in [0.29, 0.717) is 36.0 Å². The first-order chi connectivity index (χ1) is 14.0. The van der Waals surface area contributed by atoms with Crippen LogP contribution < -0.4 is 5.56 Å². The van der Waals surface area contributed by atoms with Crippen molar-refractivity contribution in [2.75, 3.05) is 18.8 Å². The highest BCUT2D eigenvalue weighted by atomic mass is 32.1. The van der Waals surface area contributed by atoms with Crippen LogP contribution in [0.15, 0.2) is 41.3 Å². The molecule has 4 rings (SSSR count). The largest absolute Gasteiger partial charge is 0.507 e. The summed E-state index contributed by atoms with van der Waals surface area (Å²) in [5.74, 6) is -0.213. The number of fused-ring (bicyclic) bond motifs is 1. The number of pyridine rings is 2. The number of hydrogen-bond donors (Lipinski definition) is 3. The first-order valence-electron chi connectivity index (χ1n) is 9.37. The molecule has 1 aromatic carbocycles. The lowest BCUT2D eigenvalue weighted by Gasteiger charge is -2.16. The van der Waals surface area contributed by atoms with Crippen molar-refractivity contribution in [1.82, 2.24) is 14.9 Å². The number of nitrogens with one attached hydrogen (secondary N) is 1. The number of benzene rings is 1. The van der Waals surface area contributed by atoms with Crippen molar-refractivity contribution >= 4 is 29.3 Å². The molecule has 3 aromatic rings. The molecule has 150 valence electrons. The maximum Gasteiger partial charge on any atom is 0.256 e. The van der Waals surface area contributed by atoms with Crippen molar-refractivity contribution in [1.29, 1.82) is 0 Å².